The Morgan fingerprint density at radius 1 is 1.50 bits per heavy atom. The average Bonchev–Trinajstić information content (AvgIpc) is 2.12. The lowest BCUT2D eigenvalue weighted by atomic mass is 10.1. The third-order valence-corrected chi connectivity index (χ3v) is 2.01. The number of rotatable bonds is 5. The molecule has 0 saturated heterocycles. The van der Waals surface area contributed by atoms with Crippen molar-refractivity contribution in [2.75, 3.05) is 11.9 Å². The molecule has 0 spiro atoms. The summed E-state index contributed by atoms with van der Waals surface area (Å²) in [5.74, 6) is 0.296. The van der Waals surface area contributed by atoms with E-state index in [1.165, 1.54) is 18.7 Å². The molecule has 1 rings (SSSR count). The first-order valence-electron chi connectivity index (χ1n) is 5.04. The molecule has 0 unspecified atom stereocenters. The SMILES string of the molecule is CC(C)CCCNc1ccnc(F)c1. The first kappa shape index (κ1) is 11.0. The van der Waals surface area contributed by atoms with E-state index in [1.54, 1.807) is 6.07 Å². The molecule has 0 aliphatic rings. The summed E-state index contributed by atoms with van der Waals surface area (Å²) in [6, 6.07) is 3.19. The van der Waals surface area contributed by atoms with Gasteiger partial charge in [0, 0.05) is 24.5 Å². The van der Waals surface area contributed by atoms with Crippen molar-refractivity contribution in [3.63, 3.8) is 0 Å². The Labute approximate surface area is 84.6 Å². The van der Waals surface area contributed by atoms with Gasteiger partial charge in [-0.2, -0.15) is 4.39 Å². The van der Waals surface area contributed by atoms with Gasteiger partial charge in [-0.3, -0.25) is 0 Å². The third-order valence-electron chi connectivity index (χ3n) is 2.01. The second-order valence-corrected chi connectivity index (χ2v) is 3.83. The smallest absolute Gasteiger partial charge is 0.214 e. The normalized spacial score (nSPS) is 10.6. The Bertz CT molecular complexity index is 274. The van der Waals surface area contributed by atoms with Gasteiger partial charge in [-0.05, 0) is 24.8 Å². The zero-order valence-corrected chi connectivity index (χ0v) is 8.76. The number of hydrogen-bond acceptors (Lipinski definition) is 2. The maximum Gasteiger partial charge on any atom is 0.214 e. The summed E-state index contributed by atoms with van der Waals surface area (Å²) in [5.41, 5.74) is 0.807. The fraction of sp³-hybridized carbons (Fsp3) is 0.545. The Balaban J connectivity index is 2.25. The Morgan fingerprint density at radius 2 is 2.29 bits per heavy atom. The minimum absolute atomic E-state index is 0.432. The Hall–Kier alpha value is -1.12. The van der Waals surface area contributed by atoms with Crippen molar-refractivity contribution in [3.8, 4) is 0 Å². The quantitative estimate of drug-likeness (QED) is 0.578. The van der Waals surface area contributed by atoms with E-state index in [-0.39, 0.29) is 0 Å². The van der Waals surface area contributed by atoms with Crippen LogP contribution in [0.3, 0.4) is 0 Å². The summed E-state index contributed by atoms with van der Waals surface area (Å²) in [7, 11) is 0. The van der Waals surface area contributed by atoms with Gasteiger partial charge in [0.05, 0.1) is 0 Å². The van der Waals surface area contributed by atoms with Crippen molar-refractivity contribution in [2.24, 2.45) is 5.92 Å². The van der Waals surface area contributed by atoms with E-state index in [0.29, 0.717) is 0 Å². The number of nitrogens with one attached hydrogen (secondary N) is 1. The van der Waals surface area contributed by atoms with Crippen LogP contribution in [0.1, 0.15) is 26.7 Å². The second-order valence-electron chi connectivity index (χ2n) is 3.83. The minimum Gasteiger partial charge on any atom is -0.385 e. The first-order valence-corrected chi connectivity index (χ1v) is 5.04. The maximum absolute atomic E-state index is 12.7. The van der Waals surface area contributed by atoms with Crippen molar-refractivity contribution < 1.29 is 4.39 Å². The molecule has 1 heterocycles. The molecule has 0 fully saturated rings. The molecule has 1 N–H and O–H groups in total. The van der Waals surface area contributed by atoms with E-state index in [4.69, 9.17) is 0 Å². The van der Waals surface area contributed by atoms with Crippen LogP contribution in [0.2, 0.25) is 0 Å². The molecule has 14 heavy (non-hydrogen) atoms. The zero-order chi connectivity index (χ0) is 10.4. The van der Waals surface area contributed by atoms with Crippen LogP contribution in [0, 0.1) is 11.9 Å². The van der Waals surface area contributed by atoms with Gasteiger partial charge in [-0.25, -0.2) is 4.98 Å². The number of anilines is 1. The predicted molar refractivity (Wildman–Crippen MR) is 56.8 cm³/mol. The third kappa shape index (κ3) is 4.21. The van der Waals surface area contributed by atoms with Gasteiger partial charge in [-0.1, -0.05) is 13.8 Å². The Morgan fingerprint density at radius 3 is 2.93 bits per heavy atom. The van der Waals surface area contributed by atoms with Gasteiger partial charge in [0.15, 0.2) is 0 Å². The molecule has 0 aromatic carbocycles. The molecule has 2 nitrogen and oxygen atoms in total. The van der Waals surface area contributed by atoms with Gasteiger partial charge in [0.1, 0.15) is 0 Å². The van der Waals surface area contributed by atoms with Crippen molar-refractivity contribution in [3.05, 3.63) is 24.3 Å². The van der Waals surface area contributed by atoms with Gasteiger partial charge < -0.3 is 5.32 Å². The molecule has 0 amide bonds. The highest BCUT2D eigenvalue weighted by Crippen LogP contribution is 2.08. The topological polar surface area (TPSA) is 24.9 Å². The molecule has 3 heteroatoms. The monoisotopic (exact) mass is 196 g/mol. The summed E-state index contributed by atoms with van der Waals surface area (Å²) >= 11 is 0. The molecular weight excluding hydrogens is 179 g/mol. The summed E-state index contributed by atoms with van der Waals surface area (Å²) in [4.78, 5) is 3.49. The van der Waals surface area contributed by atoms with Gasteiger partial charge in [0.25, 0.3) is 0 Å². The molecule has 78 valence electrons. The average molecular weight is 196 g/mol. The number of pyridine rings is 1. The fourth-order valence-electron chi connectivity index (χ4n) is 1.26. The fourth-order valence-corrected chi connectivity index (χ4v) is 1.26. The number of hydrogen-bond donors (Lipinski definition) is 1. The van der Waals surface area contributed by atoms with Gasteiger partial charge in [0.2, 0.25) is 5.95 Å². The number of aromatic nitrogens is 1. The highest BCUT2D eigenvalue weighted by atomic mass is 19.1. The van der Waals surface area contributed by atoms with E-state index in [2.05, 4.69) is 24.1 Å². The van der Waals surface area contributed by atoms with Crippen LogP contribution in [-0.4, -0.2) is 11.5 Å². The second kappa shape index (κ2) is 5.58. The Kier molecular flexibility index (Phi) is 4.36. The standard InChI is InChI=1S/C11H17FN2/c1-9(2)4-3-6-13-10-5-7-14-11(12)8-10/h5,7-9H,3-4,6H2,1-2H3,(H,13,14). The van der Waals surface area contributed by atoms with E-state index in [1.807, 2.05) is 0 Å². The molecular formula is C11H17FN2. The lowest BCUT2D eigenvalue weighted by Crippen LogP contribution is -2.03. The largest absolute Gasteiger partial charge is 0.385 e. The van der Waals surface area contributed by atoms with E-state index >= 15 is 0 Å². The van der Waals surface area contributed by atoms with Gasteiger partial charge >= 0.3 is 0 Å². The van der Waals surface area contributed by atoms with Crippen LogP contribution in [0.25, 0.3) is 0 Å². The molecule has 0 bridgehead atoms. The van der Waals surface area contributed by atoms with E-state index < -0.39 is 5.95 Å². The van der Waals surface area contributed by atoms with E-state index in [0.717, 1.165) is 24.6 Å². The summed E-state index contributed by atoms with van der Waals surface area (Å²) in [6.45, 7) is 5.29. The zero-order valence-electron chi connectivity index (χ0n) is 8.76. The maximum atomic E-state index is 12.7. The first-order chi connectivity index (χ1) is 6.68. The molecule has 0 aliphatic carbocycles. The summed E-state index contributed by atoms with van der Waals surface area (Å²) in [5, 5.41) is 3.16. The lowest BCUT2D eigenvalue weighted by Gasteiger charge is -2.07. The van der Waals surface area contributed by atoms with Crippen LogP contribution in [0.4, 0.5) is 10.1 Å². The predicted octanol–water partition coefficient (Wildman–Crippen LogP) is 3.07. The number of halogens is 1. The summed E-state index contributed by atoms with van der Waals surface area (Å²) < 4.78 is 12.7. The van der Waals surface area contributed by atoms with Crippen LogP contribution in [0.5, 0.6) is 0 Å². The lowest BCUT2D eigenvalue weighted by molar-refractivity contribution is 0.566. The highest BCUT2D eigenvalue weighted by molar-refractivity contribution is 5.40. The van der Waals surface area contributed by atoms with Crippen LogP contribution < -0.4 is 5.32 Å². The molecule has 0 saturated carbocycles. The van der Waals surface area contributed by atoms with Crippen LogP contribution >= 0.6 is 0 Å². The molecule has 1 aromatic rings. The van der Waals surface area contributed by atoms with Crippen molar-refractivity contribution in [2.45, 2.75) is 26.7 Å². The van der Waals surface area contributed by atoms with Gasteiger partial charge in [-0.15, -0.1) is 0 Å². The van der Waals surface area contributed by atoms with Crippen molar-refractivity contribution >= 4 is 5.69 Å². The molecule has 0 atom stereocenters. The minimum atomic E-state index is -0.432. The summed E-state index contributed by atoms with van der Waals surface area (Å²) in [6.07, 6.45) is 3.78. The highest BCUT2D eigenvalue weighted by Gasteiger charge is 1.96. The molecule has 1 aromatic heterocycles. The van der Waals surface area contributed by atoms with E-state index in [9.17, 15) is 4.39 Å². The van der Waals surface area contributed by atoms with Crippen LogP contribution in [0.15, 0.2) is 18.3 Å². The number of nitrogens with zero attached hydrogens (tertiary/aromatic N) is 1. The van der Waals surface area contributed by atoms with Crippen molar-refractivity contribution in [1.29, 1.82) is 0 Å². The van der Waals surface area contributed by atoms with Crippen molar-refractivity contribution in [1.82, 2.24) is 4.98 Å². The molecule has 0 radical (unpaired) electrons. The molecule has 0 aliphatic heterocycles. The van der Waals surface area contributed by atoms with Crippen LogP contribution in [-0.2, 0) is 0 Å².